The van der Waals surface area contributed by atoms with E-state index in [0.29, 0.717) is 12.1 Å². The Hall–Kier alpha value is -1.26. The number of piperidine rings is 2. The van der Waals surface area contributed by atoms with Crippen molar-refractivity contribution in [3.8, 4) is 11.5 Å². The first kappa shape index (κ1) is 14.3. The van der Waals surface area contributed by atoms with Crippen molar-refractivity contribution in [3.63, 3.8) is 0 Å². The van der Waals surface area contributed by atoms with Crippen LogP contribution in [0.2, 0.25) is 0 Å². The molecule has 1 aromatic carbocycles. The van der Waals surface area contributed by atoms with Crippen LogP contribution in [-0.4, -0.2) is 44.8 Å². The van der Waals surface area contributed by atoms with E-state index in [1.54, 1.807) is 14.2 Å². The second-order valence-electron chi connectivity index (χ2n) is 6.82. The maximum absolute atomic E-state index is 5.69. The fourth-order valence-corrected chi connectivity index (χ4v) is 4.75. The molecule has 0 unspecified atom stereocenters. The average Bonchev–Trinajstić information content (AvgIpc) is 2.58. The van der Waals surface area contributed by atoms with Crippen LogP contribution in [0, 0.1) is 5.92 Å². The summed E-state index contributed by atoms with van der Waals surface area (Å²) in [5.74, 6) is 2.87. The van der Waals surface area contributed by atoms with Crippen LogP contribution in [0.25, 0.3) is 0 Å². The molecule has 3 atom stereocenters. The van der Waals surface area contributed by atoms with Crippen molar-refractivity contribution < 1.29 is 9.47 Å². The average molecular weight is 302 g/mol. The SMILES string of the molecule is COc1ccc(OC)c2c1CCN1C[C@@H]3CCCN[C@@H]3C[C@H]21. The van der Waals surface area contributed by atoms with Gasteiger partial charge in [-0.15, -0.1) is 0 Å². The van der Waals surface area contributed by atoms with Gasteiger partial charge in [-0.25, -0.2) is 0 Å². The van der Waals surface area contributed by atoms with E-state index < -0.39 is 0 Å². The summed E-state index contributed by atoms with van der Waals surface area (Å²) in [5.41, 5.74) is 2.73. The first-order valence-corrected chi connectivity index (χ1v) is 8.53. The van der Waals surface area contributed by atoms with Crippen molar-refractivity contribution in [2.75, 3.05) is 33.9 Å². The highest BCUT2D eigenvalue weighted by molar-refractivity contribution is 5.52. The van der Waals surface area contributed by atoms with Crippen LogP contribution in [0.1, 0.15) is 36.4 Å². The van der Waals surface area contributed by atoms with E-state index in [2.05, 4.69) is 22.3 Å². The van der Waals surface area contributed by atoms with E-state index in [-0.39, 0.29) is 0 Å². The molecule has 0 amide bonds. The van der Waals surface area contributed by atoms with Crippen LogP contribution in [0.4, 0.5) is 0 Å². The number of ether oxygens (including phenoxy) is 2. The van der Waals surface area contributed by atoms with Crippen molar-refractivity contribution in [2.24, 2.45) is 5.92 Å². The van der Waals surface area contributed by atoms with Gasteiger partial charge in [-0.05, 0) is 50.3 Å². The third kappa shape index (κ3) is 2.20. The lowest BCUT2D eigenvalue weighted by atomic mass is 9.77. The molecule has 3 heterocycles. The van der Waals surface area contributed by atoms with Gasteiger partial charge >= 0.3 is 0 Å². The Morgan fingerprint density at radius 1 is 1.18 bits per heavy atom. The molecule has 120 valence electrons. The van der Waals surface area contributed by atoms with E-state index in [9.17, 15) is 0 Å². The number of nitrogens with one attached hydrogen (secondary N) is 1. The zero-order chi connectivity index (χ0) is 15.1. The van der Waals surface area contributed by atoms with Gasteiger partial charge in [0.1, 0.15) is 11.5 Å². The van der Waals surface area contributed by atoms with E-state index in [1.807, 2.05) is 0 Å². The molecule has 3 aliphatic rings. The standard InChI is InChI=1S/C18H26N2O2/c1-21-16-5-6-17(22-2)18-13(16)7-9-20-11-12-4-3-8-19-14(12)10-15(18)20/h5-6,12,14-15,19H,3-4,7-11H2,1-2H3/t12-,14+,15+/m0/s1. The smallest absolute Gasteiger partial charge is 0.124 e. The maximum Gasteiger partial charge on any atom is 0.124 e. The van der Waals surface area contributed by atoms with Crippen LogP contribution in [0.5, 0.6) is 11.5 Å². The number of nitrogens with zero attached hydrogens (tertiary/aromatic N) is 1. The molecule has 0 spiro atoms. The van der Waals surface area contributed by atoms with E-state index >= 15 is 0 Å². The topological polar surface area (TPSA) is 33.7 Å². The molecule has 0 bridgehead atoms. The highest BCUT2D eigenvalue weighted by Crippen LogP contribution is 2.46. The van der Waals surface area contributed by atoms with E-state index in [1.165, 1.54) is 43.5 Å². The second-order valence-corrected chi connectivity index (χ2v) is 6.82. The first-order valence-electron chi connectivity index (χ1n) is 8.53. The van der Waals surface area contributed by atoms with Crippen molar-refractivity contribution in [2.45, 2.75) is 37.8 Å². The van der Waals surface area contributed by atoms with Gasteiger partial charge in [0, 0.05) is 36.3 Å². The summed E-state index contributed by atoms with van der Waals surface area (Å²) in [6.07, 6.45) is 4.97. The number of fused-ring (bicyclic) bond motifs is 4. The molecule has 0 saturated carbocycles. The molecule has 1 N–H and O–H groups in total. The van der Waals surface area contributed by atoms with Gasteiger partial charge < -0.3 is 14.8 Å². The highest BCUT2D eigenvalue weighted by Gasteiger charge is 2.41. The quantitative estimate of drug-likeness (QED) is 0.909. The van der Waals surface area contributed by atoms with Crippen LogP contribution >= 0.6 is 0 Å². The van der Waals surface area contributed by atoms with Crippen LogP contribution < -0.4 is 14.8 Å². The zero-order valence-electron chi connectivity index (χ0n) is 13.6. The van der Waals surface area contributed by atoms with E-state index in [0.717, 1.165) is 30.4 Å². The summed E-state index contributed by atoms with van der Waals surface area (Å²) in [5, 5.41) is 3.75. The molecule has 4 rings (SSSR count). The Bertz CT molecular complexity index is 560. The monoisotopic (exact) mass is 302 g/mol. The third-order valence-corrected chi connectivity index (χ3v) is 5.81. The lowest BCUT2D eigenvalue weighted by molar-refractivity contribution is 0.0533. The molecule has 3 aliphatic heterocycles. The normalized spacial score (nSPS) is 30.9. The van der Waals surface area contributed by atoms with Crippen molar-refractivity contribution in [1.82, 2.24) is 10.2 Å². The lowest BCUT2D eigenvalue weighted by Crippen LogP contribution is -2.54. The van der Waals surface area contributed by atoms with Crippen molar-refractivity contribution in [3.05, 3.63) is 23.3 Å². The summed E-state index contributed by atoms with van der Waals surface area (Å²) in [6.45, 7) is 3.54. The molecule has 22 heavy (non-hydrogen) atoms. The second kappa shape index (κ2) is 5.74. The Labute approximate surface area is 132 Å². The lowest BCUT2D eigenvalue weighted by Gasteiger charge is -2.49. The van der Waals surface area contributed by atoms with Gasteiger partial charge in [0.25, 0.3) is 0 Å². The number of rotatable bonds is 2. The Morgan fingerprint density at radius 3 is 2.82 bits per heavy atom. The Morgan fingerprint density at radius 2 is 2.00 bits per heavy atom. The van der Waals surface area contributed by atoms with Gasteiger partial charge in [-0.3, -0.25) is 4.90 Å². The van der Waals surface area contributed by atoms with Gasteiger partial charge in [0.15, 0.2) is 0 Å². The highest BCUT2D eigenvalue weighted by atomic mass is 16.5. The van der Waals surface area contributed by atoms with Gasteiger partial charge in [-0.2, -0.15) is 0 Å². The molecule has 4 heteroatoms. The number of methoxy groups -OCH3 is 2. The van der Waals surface area contributed by atoms with Gasteiger partial charge in [0.05, 0.1) is 14.2 Å². The van der Waals surface area contributed by atoms with Crippen molar-refractivity contribution >= 4 is 0 Å². The van der Waals surface area contributed by atoms with Crippen LogP contribution in [0.3, 0.4) is 0 Å². The summed E-state index contributed by atoms with van der Waals surface area (Å²) in [7, 11) is 3.56. The van der Waals surface area contributed by atoms with Crippen LogP contribution in [0.15, 0.2) is 12.1 Å². The molecule has 0 aliphatic carbocycles. The number of hydrogen-bond donors (Lipinski definition) is 1. The number of benzene rings is 1. The van der Waals surface area contributed by atoms with Crippen LogP contribution in [-0.2, 0) is 6.42 Å². The van der Waals surface area contributed by atoms with Gasteiger partial charge in [0.2, 0.25) is 0 Å². The first-order chi connectivity index (χ1) is 10.8. The molecule has 1 aromatic rings. The summed E-state index contributed by atoms with van der Waals surface area (Å²) in [4.78, 5) is 2.68. The Kier molecular flexibility index (Phi) is 3.74. The molecular weight excluding hydrogens is 276 g/mol. The predicted molar refractivity (Wildman–Crippen MR) is 86.7 cm³/mol. The van der Waals surface area contributed by atoms with E-state index in [4.69, 9.17) is 9.47 Å². The molecule has 2 saturated heterocycles. The molecule has 0 aromatic heterocycles. The molecular formula is C18H26N2O2. The predicted octanol–water partition coefficient (Wildman–Crippen LogP) is 2.37. The molecule has 4 nitrogen and oxygen atoms in total. The fourth-order valence-electron chi connectivity index (χ4n) is 4.75. The molecule has 2 fully saturated rings. The summed E-state index contributed by atoms with van der Waals surface area (Å²) < 4.78 is 11.3. The zero-order valence-corrected chi connectivity index (χ0v) is 13.6. The van der Waals surface area contributed by atoms with Crippen molar-refractivity contribution in [1.29, 1.82) is 0 Å². The third-order valence-electron chi connectivity index (χ3n) is 5.81. The maximum atomic E-state index is 5.69. The minimum Gasteiger partial charge on any atom is -0.496 e. The minimum atomic E-state index is 0.473. The largest absolute Gasteiger partial charge is 0.496 e. The minimum absolute atomic E-state index is 0.473. The molecule has 0 radical (unpaired) electrons. The summed E-state index contributed by atoms with van der Waals surface area (Å²) >= 11 is 0. The Balaban J connectivity index is 1.73. The fraction of sp³-hybridized carbons (Fsp3) is 0.667. The summed E-state index contributed by atoms with van der Waals surface area (Å²) in [6, 6.07) is 5.26. The van der Waals surface area contributed by atoms with Gasteiger partial charge in [-0.1, -0.05) is 0 Å². The number of hydrogen-bond acceptors (Lipinski definition) is 4.